The maximum atomic E-state index is 12.6. The van der Waals surface area contributed by atoms with Gasteiger partial charge in [-0.2, -0.15) is 0 Å². The summed E-state index contributed by atoms with van der Waals surface area (Å²) in [6.45, 7) is 4.76. The Bertz CT molecular complexity index is 389. The van der Waals surface area contributed by atoms with Gasteiger partial charge in [-0.05, 0) is 39.0 Å². The largest absolute Gasteiger partial charge is 0.379 e. The number of amides is 2. The van der Waals surface area contributed by atoms with E-state index in [1.165, 1.54) is 19.3 Å². The van der Waals surface area contributed by atoms with E-state index in [0.29, 0.717) is 12.5 Å². The molecule has 1 unspecified atom stereocenters. The fourth-order valence-electron chi connectivity index (χ4n) is 3.21. The SMILES string of the molecule is COC(C)(C)CCN1CC(=O)NC(C2CCCCC2)C1=O. The average Bonchev–Trinajstić information content (AvgIpc) is 2.48. The summed E-state index contributed by atoms with van der Waals surface area (Å²) in [6, 6.07) is -0.308. The number of piperazine rings is 1. The summed E-state index contributed by atoms with van der Waals surface area (Å²) in [7, 11) is 1.68. The molecular formula is C16H28N2O3. The summed E-state index contributed by atoms with van der Waals surface area (Å²) >= 11 is 0. The van der Waals surface area contributed by atoms with Gasteiger partial charge in [0.1, 0.15) is 6.04 Å². The lowest BCUT2D eigenvalue weighted by atomic mass is 9.82. The summed E-state index contributed by atoms with van der Waals surface area (Å²) in [5.41, 5.74) is -0.269. The molecule has 0 aromatic heterocycles. The standard InChI is InChI=1S/C16H28N2O3/c1-16(2,21-3)9-10-18-11-13(19)17-14(15(18)20)12-7-5-4-6-8-12/h12,14H,4-11H2,1-3H3,(H,17,19). The first-order chi connectivity index (χ1) is 9.93. The van der Waals surface area contributed by atoms with Crippen LogP contribution in [0.15, 0.2) is 0 Å². The topological polar surface area (TPSA) is 58.6 Å². The fraction of sp³-hybridized carbons (Fsp3) is 0.875. The van der Waals surface area contributed by atoms with Crippen LogP contribution in [0.1, 0.15) is 52.4 Å². The quantitative estimate of drug-likeness (QED) is 0.840. The van der Waals surface area contributed by atoms with Crippen molar-refractivity contribution in [3.8, 4) is 0 Å². The third-order valence-electron chi connectivity index (χ3n) is 4.89. The number of methoxy groups -OCH3 is 1. The first kappa shape index (κ1) is 16.3. The van der Waals surface area contributed by atoms with Crippen molar-refractivity contribution in [1.29, 1.82) is 0 Å². The van der Waals surface area contributed by atoms with Crippen molar-refractivity contribution in [3.63, 3.8) is 0 Å². The Labute approximate surface area is 127 Å². The average molecular weight is 296 g/mol. The molecule has 5 nitrogen and oxygen atoms in total. The summed E-state index contributed by atoms with van der Waals surface area (Å²) in [4.78, 5) is 26.3. The lowest BCUT2D eigenvalue weighted by Crippen LogP contribution is -2.61. The van der Waals surface area contributed by atoms with Crippen LogP contribution in [0.5, 0.6) is 0 Å². The van der Waals surface area contributed by atoms with E-state index in [-0.39, 0.29) is 30.0 Å². The molecule has 21 heavy (non-hydrogen) atoms. The normalized spacial score (nSPS) is 25.1. The number of hydrogen-bond acceptors (Lipinski definition) is 3. The van der Waals surface area contributed by atoms with Crippen LogP contribution in [0.25, 0.3) is 0 Å². The number of ether oxygens (including phenoxy) is 1. The highest BCUT2D eigenvalue weighted by Crippen LogP contribution is 2.28. The van der Waals surface area contributed by atoms with Crippen molar-refractivity contribution in [3.05, 3.63) is 0 Å². The lowest BCUT2D eigenvalue weighted by Gasteiger charge is -2.38. The van der Waals surface area contributed by atoms with Gasteiger partial charge in [-0.3, -0.25) is 9.59 Å². The molecule has 0 radical (unpaired) electrons. The molecule has 0 aromatic carbocycles. The summed E-state index contributed by atoms with van der Waals surface area (Å²) in [6.07, 6.45) is 6.42. The number of hydrogen-bond donors (Lipinski definition) is 1. The van der Waals surface area contributed by atoms with Crippen molar-refractivity contribution in [2.24, 2.45) is 5.92 Å². The molecule has 1 heterocycles. The van der Waals surface area contributed by atoms with Crippen molar-refractivity contribution in [2.45, 2.75) is 64.0 Å². The van der Waals surface area contributed by atoms with E-state index in [0.717, 1.165) is 19.3 Å². The number of carbonyl (C=O) groups is 2. The first-order valence-electron chi connectivity index (χ1n) is 8.06. The number of nitrogens with one attached hydrogen (secondary N) is 1. The van der Waals surface area contributed by atoms with Crippen LogP contribution in [0.2, 0.25) is 0 Å². The zero-order chi connectivity index (χ0) is 15.5. The molecule has 1 atom stereocenters. The summed E-state index contributed by atoms with van der Waals surface area (Å²) < 4.78 is 5.40. The Morgan fingerprint density at radius 1 is 1.24 bits per heavy atom. The molecule has 2 amide bonds. The molecule has 2 fully saturated rings. The molecule has 0 bridgehead atoms. The van der Waals surface area contributed by atoms with E-state index in [1.807, 2.05) is 13.8 Å². The molecule has 1 saturated carbocycles. The first-order valence-corrected chi connectivity index (χ1v) is 8.06. The maximum absolute atomic E-state index is 12.6. The van der Waals surface area contributed by atoms with Crippen LogP contribution >= 0.6 is 0 Å². The monoisotopic (exact) mass is 296 g/mol. The number of rotatable bonds is 5. The van der Waals surface area contributed by atoms with Crippen LogP contribution in [-0.4, -0.2) is 48.6 Å². The van der Waals surface area contributed by atoms with Crippen LogP contribution in [0.4, 0.5) is 0 Å². The van der Waals surface area contributed by atoms with Gasteiger partial charge in [0, 0.05) is 13.7 Å². The molecule has 1 aliphatic heterocycles. The fourth-order valence-corrected chi connectivity index (χ4v) is 3.21. The summed E-state index contributed by atoms with van der Waals surface area (Å²) in [5.74, 6) is 0.377. The van der Waals surface area contributed by atoms with Gasteiger partial charge in [0.05, 0.1) is 12.1 Å². The maximum Gasteiger partial charge on any atom is 0.245 e. The van der Waals surface area contributed by atoms with Crippen molar-refractivity contribution >= 4 is 11.8 Å². The predicted octanol–water partition coefficient (Wildman–Crippen LogP) is 1.71. The Kier molecular flexibility index (Phi) is 5.25. The molecule has 2 rings (SSSR count). The highest BCUT2D eigenvalue weighted by Gasteiger charge is 2.38. The van der Waals surface area contributed by atoms with Gasteiger partial charge in [-0.15, -0.1) is 0 Å². The molecule has 1 saturated heterocycles. The van der Waals surface area contributed by atoms with Gasteiger partial charge in [0.15, 0.2) is 0 Å². The molecule has 1 aliphatic carbocycles. The highest BCUT2D eigenvalue weighted by atomic mass is 16.5. The highest BCUT2D eigenvalue weighted by molar-refractivity contribution is 5.95. The molecule has 0 aromatic rings. The van der Waals surface area contributed by atoms with Crippen LogP contribution in [-0.2, 0) is 14.3 Å². The molecule has 2 aliphatic rings. The summed E-state index contributed by atoms with van der Waals surface area (Å²) in [5, 5.41) is 2.92. The minimum atomic E-state index is -0.308. The minimum Gasteiger partial charge on any atom is -0.379 e. The Morgan fingerprint density at radius 2 is 1.90 bits per heavy atom. The number of nitrogens with zero attached hydrogens (tertiary/aromatic N) is 1. The van der Waals surface area contributed by atoms with Gasteiger partial charge < -0.3 is 15.0 Å². The number of carbonyl (C=O) groups excluding carboxylic acids is 2. The van der Waals surface area contributed by atoms with E-state index in [9.17, 15) is 9.59 Å². The van der Waals surface area contributed by atoms with E-state index in [4.69, 9.17) is 4.74 Å². The molecule has 0 spiro atoms. The lowest BCUT2D eigenvalue weighted by molar-refractivity contribution is -0.147. The Hall–Kier alpha value is -1.10. The third kappa shape index (κ3) is 4.19. The minimum absolute atomic E-state index is 0.0274. The van der Waals surface area contributed by atoms with Crippen LogP contribution < -0.4 is 5.32 Å². The van der Waals surface area contributed by atoms with Crippen molar-refractivity contribution in [1.82, 2.24) is 10.2 Å². The smallest absolute Gasteiger partial charge is 0.245 e. The zero-order valence-corrected chi connectivity index (χ0v) is 13.5. The van der Waals surface area contributed by atoms with Gasteiger partial charge in [-0.25, -0.2) is 0 Å². The second-order valence-corrected chi connectivity index (χ2v) is 6.92. The molecular weight excluding hydrogens is 268 g/mol. The van der Waals surface area contributed by atoms with Gasteiger partial charge in [-0.1, -0.05) is 19.3 Å². The molecule has 5 heteroatoms. The second-order valence-electron chi connectivity index (χ2n) is 6.92. The predicted molar refractivity (Wildman–Crippen MR) is 80.8 cm³/mol. The van der Waals surface area contributed by atoms with E-state index >= 15 is 0 Å². The van der Waals surface area contributed by atoms with E-state index in [1.54, 1.807) is 12.0 Å². The van der Waals surface area contributed by atoms with E-state index < -0.39 is 0 Å². The van der Waals surface area contributed by atoms with Crippen LogP contribution in [0, 0.1) is 5.92 Å². The second kappa shape index (κ2) is 6.77. The van der Waals surface area contributed by atoms with Gasteiger partial charge in [0.25, 0.3) is 0 Å². The Balaban J connectivity index is 1.98. The van der Waals surface area contributed by atoms with Gasteiger partial charge in [0.2, 0.25) is 11.8 Å². The van der Waals surface area contributed by atoms with E-state index in [2.05, 4.69) is 5.32 Å². The Morgan fingerprint density at radius 3 is 2.52 bits per heavy atom. The molecule has 1 N–H and O–H groups in total. The van der Waals surface area contributed by atoms with Gasteiger partial charge >= 0.3 is 0 Å². The van der Waals surface area contributed by atoms with Crippen molar-refractivity contribution in [2.75, 3.05) is 20.2 Å². The van der Waals surface area contributed by atoms with Crippen LogP contribution in [0.3, 0.4) is 0 Å². The van der Waals surface area contributed by atoms with Crippen molar-refractivity contribution < 1.29 is 14.3 Å². The molecule has 120 valence electrons. The zero-order valence-electron chi connectivity index (χ0n) is 13.5. The third-order valence-corrected chi connectivity index (χ3v) is 4.89.